The van der Waals surface area contributed by atoms with Crippen LogP contribution in [0.3, 0.4) is 0 Å². The van der Waals surface area contributed by atoms with Gasteiger partial charge < -0.3 is 4.74 Å². The fourth-order valence-corrected chi connectivity index (χ4v) is 1.45. The molecule has 0 radical (unpaired) electrons. The van der Waals surface area contributed by atoms with Crippen molar-refractivity contribution in [1.82, 2.24) is 0 Å². The monoisotopic (exact) mass is 186 g/mol. The van der Waals surface area contributed by atoms with Gasteiger partial charge in [-0.25, -0.2) is 0 Å². The van der Waals surface area contributed by atoms with Crippen LogP contribution in [0.5, 0.6) is 0 Å². The van der Waals surface area contributed by atoms with Crippen LogP contribution in [0.1, 0.15) is 53.4 Å². The molecule has 0 aromatic carbocycles. The van der Waals surface area contributed by atoms with Gasteiger partial charge in [-0.3, -0.25) is 4.79 Å². The van der Waals surface area contributed by atoms with Gasteiger partial charge in [0, 0.05) is 6.42 Å². The molecule has 0 saturated carbocycles. The summed E-state index contributed by atoms with van der Waals surface area (Å²) in [7, 11) is 0. The Labute approximate surface area is 81.7 Å². The van der Waals surface area contributed by atoms with Gasteiger partial charge >= 0.3 is 5.97 Å². The van der Waals surface area contributed by atoms with Crippen molar-refractivity contribution >= 4 is 5.97 Å². The molecule has 0 spiro atoms. The van der Waals surface area contributed by atoms with E-state index < -0.39 is 0 Å². The van der Waals surface area contributed by atoms with E-state index in [2.05, 4.69) is 13.8 Å². The number of carbonyl (C=O) groups is 1. The molecular weight excluding hydrogens is 164 g/mol. The molecule has 0 heterocycles. The van der Waals surface area contributed by atoms with Gasteiger partial charge in [0.15, 0.2) is 0 Å². The average molecular weight is 186 g/mol. The zero-order valence-electron chi connectivity index (χ0n) is 9.30. The molecule has 0 N–H and O–H groups in total. The highest BCUT2D eigenvalue weighted by Crippen LogP contribution is 2.16. The molecule has 0 aromatic rings. The van der Waals surface area contributed by atoms with Gasteiger partial charge in [-0.15, -0.1) is 0 Å². The topological polar surface area (TPSA) is 26.3 Å². The van der Waals surface area contributed by atoms with E-state index in [1.807, 2.05) is 13.8 Å². The Kier molecular flexibility index (Phi) is 6.65. The largest absolute Gasteiger partial charge is 0.463 e. The van der Waals surface area contributed by atoms with E-state index in [1.165, 1.54) is 12.8 Å². The van der Waals surface area contributed by atoms with Crippen molar-refractivity contribution < 1.29 is 9.53 Å². The molecule has 0 bridgehead atoms. The summed E-state index contributed by atoms with van der Waals surface area (Å²) in [6.45, 7) is 8.17. The first-order chi connectivity index (χ1) is 6.13. The van der Waals surface area contributed by atoms with E-state index in [4.69, 9.17) is 4.74 Å². The molecule has 0 rings (SSSR count). The fraction of sp³-hybridized carbons (Fsp3) is 0.909. The smallest absolute Gasteiger partial charge is 0.305 e. The van der Waals surface area contributed by atoms with E-state index in [1.54, 1.807) is 0 Å². The van der Waals surface area contributed by atoms with E-state index in [-0.39, 0.29) is 12.1 Å². The van der Waals surface area contributed by atoms with Crippen LogP contribution in [0, 0.1) is 5.92 Å². The summed E-state index contributed by atoms with van der Waals surface area (Å²) < 4.78 is 5.19. The molecule has 2 heteroatoms. The molecule has 0 amide bonds. The van der Waals surface area contributed by atoms with Crippen LogP contribution in [0.25, 0.3) is 0 Å². The standard InChI is InChI=1S/C11H22O2/c1-5-10(6-2)8-9(4)13-11(12)7-3/h9-10H,5-8H2,1-4H3. The van der Waals surface area contributed by atoms with E-state index in [9.17, 15) is 4.79 Å². The first-order valence-electron chi connectivity index (χ1n) is 5.33. The molecule has 0 saturated heterocycles. The van der Waals surface area contributed by atoms with Crippen LogP contribution in [-0.2, 0) is 9.53 Å². The minimum atomic E-state index is -0.0848. The molecule has 13 heavy (non-hydrogen) atoms. The number of hydrogen-bond acceptors (Lipinski definition) is 2. The van der Waals surface area contributed by atoms with Gasteiger partial charge in [0.05, 0.1) is 6.10 Å². The normalized spacial score (nSPS) is 13.0. The van der Waals surface area contributed by atoms with Crippen molar-refractivity contribution in [1.29, 1.82) is 0 Å². The summed E-state index contributed by atoms with van der Waals surface area (Å²) >= 11 is 0. The molecule has 0 fully saturated rings. The second kappa shape index (κ2) is 6.93. The van der Waals surface area contributed by atoms with Crippen molar-refractivity contribution in [3.05, 3.63) is 0 Å². The third-order valence-electron chi connectivity index (χ3n) is 2.44. The van der Waals surface area contributed by atoms with E-state index in [0.29, 0.717) is 12.3 Å². The molecule has 1 unspecified atom stereocenters. The summed E-state index contributed by atoms with van der Waals surface area (Å²) in [4.78, 5) is 11.0. The lowest BCUT2D eigenvalue weighted by Crippen LogP contribution is -2.17. The Morgan fingerprint density at radius 1 is 1.23 bits per heavy atom. The fourth-order valence-electron chi connectivity index (χ4n) is 1.45. The van der Waals surface area contributed by atoms with Crippen LogP contribution < -0.4 is 0 Å². The lowest BCUT2D eigenvalue weighted by molar-refractivity contribution is -0.148. The van der Waals surface area contributed by atoms with Crippen LogP contribution >= 0.6 is 0 Å². The second-order valence-electron chi connectivity index (χ2n) is 3.57. The SMILES string of the molecule is CCC(=O)OC(C)CC(CC)CC. The third-order valence-corrected chi connectivity index (χ3v) is 2.44. The Bertz CT molecular complexity index is 139. The summed E-state index contributed by atoms with van der Waals surface area (Å²) in [5, 5.41) is 0. The van der Waals surface area contributed by atoms with Gasteiger partial charge in [-0.1, -0.05) is 33.6 Å². The highest BCUT2D eigenvalue weighted by molar-refractivity contribution is 5.69. The lowest BCUT2D eigenvalue weighted by atomic mass is 9.97. The van der Waals surface area contributed by atoms with Crippen LogP contribution in [0.4, 0.5) is 0 Å². The van der Waals surface area contributed by atoms with Crippen molar-refractivity contribution in [2.75, 3.05) is 0 Å². The lowest BCUT2D eigenvalue weighted by Gasteiger charge is -2.18. The maximum atomic E-state index is 11.0. The maximum absolute atomic E-state index is 11.0. The Balaban J connectivity index is 3.71. The minimum Gasteiger partial charge on any atom is -0.463 e. The number of carbonyl (C=O) groups excluding carboxylic acids is 1. The Hall–Kier alpha value is -0.530. The van der Waals surface area contributed by atoms with Gasteiger partial charge in [-0.05, 0) is 19.3 Å². The first kappa shape index (κ1) is 12.5. The van der Waals surface area contributed by atoms with Gasteiger partial charge in [0.1, 0.15) is 0 Å². The zero-order valence-corrected chi connectivity index (χ0v) is 9.30. The molecular formula is C11H22O2. The average Bonchev–Trinajstić information content (AvgIpc) is 2.13. The van der Waals surface area contributed by atoms with Gasteiger partial charge in [-0.2, -0.15) is 0 Å². The highest BCUT2D eigenvalue weighted by Gasteiger charge is 2.12. The van der Waals surface area contributed by atoms with Crippen molar-refractivity contribution in [2.45, 2.75) is 59.5 Å². The highest BCUT2D eigenvalue weighted by atomic mass is 16.5. The summed E-state index contributed by atoms with van der Waals surface area (Å²) in [5.41, 5.74) is 0. The van der Waals surface area contributed by atoms with Crippen LogP contribution in [0.2, 0.25) is 0 Å². The van der Waals surface area contributed by atoms with Gasteiger partial charge in [0.25, 0.3) is 0 Å². The molecule has 0 aliphatic carbocycles. The molecule has 0 aliphatic heterocycles. The van der Waals surface area contributed by atoms with Crippen molar-refractivity contribution in [3.63, 3.8) is 0 Å². The summed E-state index contributed by atoms with van der Waals surface area (Å²) in [5.74, 6) is 0.609. The first-order valence-corrected chi connectivity index (χ1v) is 5.33. The third kappa shape index (κ3) is 5.67. The maximum Gasteiger partial charge on any atom is 0.305 e. The Morgan fingerprint density at radius 2 is 1.77 bits per heavy atom. The number of ether oxygens (including phenoxy) is 1. The summed E-state index contributed by atoms with van der Waals surface area (Å²) in [6.07, 6.45) is 3.90. The predicted molar refractivity (Wildman–Crippen MR) is 54.5 cm³/mol. The number of rotatable bonds is 6. The predicted octanol–water partition coefficient (Wildman–Crippen LogP) is 3.15. The van der Waals surface area contributed by atoms with E-state index in [0.717, 1.165) is 6.42 Å². The Morgan fingerprint density at radius 3 is 2.15 bits per heavy atom. The van der Waals surface area contributed by atoms with Crippen LogP contribution in [0.15, 0.2) is 0 Å². The van der Waals surface area contributed by atoms with Gasteiger partial charge in [0.2, 0.25) is 0 Å². The van der Waals surface area contributed by atoms with Crippen molar-refractivity contribution in [2.24, 2.45) is 5.92 Å². The molecule has 0 aliphatic rings. The van der Waals surface area contributed by atoms with E-state index >= 15 is 0 Å². The minimum absolute atomic E-state index is 0.0809. The zero-order chi connectivity index (χ0) is 10.3. The van der Waals surface area contributed by atoms with Crippen LogP contribution in [-0.4, -0.2) is 12.1 Å². The van der Waals surface area contributed by atoms with Crippen molar-refractivity contribution in [3.8, 4) is 0 Å². The quantitative estimate of drug-likeness (QED) is 0.596. The molecule has 0 aromatic heterocycles. The summed E-state index contributed by atoms with van der Waals surface area (Å²) in [6, 6.07) is 0. The number of hydrogen-bond donors (Lipinski definition) is 0. The second-order valence-corrected chi connectivity index (χ2v) is 3.57. The number of esters is 1. The molecule has 2 nitrogen and oxygen atoms in total. The molecule has 1 atom stereocenters. The molecule has 78 valence electrons.